The summed E-state index contributed by atoms with van der Waals surface area (Å²) in [6, 6.07) is 5.22. The molecule has 2 fully saturated rings. The summed E-state index contributed by atoms with van der Waals surface area (Å²) >= 11 is 0. The van der Waals surface area contributed by atoms with Gasteiger partial charge < -0.3 is 9.64 Å². The Morgan fingerprint density at radius 1 is 1.00 bits per heavy atom. The van der Waals surface area contributed by atoms with Crippen LogP contribution in [-0.2, 0) is 28.0 Å². The van der Waals surface area contributed by atoms with E-state index in [1.54, 1.807) is 10.8 Å². The highest BCUT2D eigenvalue weighted by atomic mass is 19.4. The van der Waals surface area contributed by atoms with Crippen LogP contribution in [0.1, 0.15) is 106 Å². The number of hydrogen-bond acceptors (Lipinski definition) is 9. The third-order valence-corrected chi connectivity index (χ3v) is 10.8. The monoisotopic (exact) mass is 765 g/mol. The number of carbonyl (C=O) groups excluding carboxylic acids is 2. The number of aromatic nitrogens is 6. The molecular formula is C39H47F4N9O3. The van der Waals surface area contributed by atoms with E-state index in [1.807, 2.05) is 23.1 Å². The van der Waals surface area contributed by atoms with Gasteiger partial charge >= 0.3 is 12.1 Å². The fourth-order valence-corrected chi connectivity index (χ4v) is 7.70. The van der Waals surface area contributed by atoms with Crippen LogP contribution >= 0.6 is 0 Å². The average molecular weight is 766 g/mol. The van der Waals surface area contributed by atoms with Gasteiger partial charge in [-0.3, -0.25) is 23.7 Å². The van der Waals surface area contributed by atoms with Gasteiger partial charge in [0, 0.05) is 68.2 Å². The number of esters is 1. The summed E-state index contributed by atoms with van der Waals surface area (Å²) in [7, 11) is 0. The zero-order chi connectivity index (χ0) is 39.0. The van der Waals surface area contributed by atoms with Crippen molar-refractivity contribution in [2.75, 3.05) is 26.2 Å². The van der Waals surface area contributed by atoms with Crippen molar-refractivity contribution in [3.8, 4) is 17.3 Å². The summed E-state index contributed by atoms with van der Waals surface area (Å²) in [5.41, 5.74) is -0.921. The number of pyridine rings is 1. The van der Waals surface area contributed by atoms with E-state index in [1.165, 1.54) is 49.8 Å². The zero-order valence-electron chi connectivity index (χ0n) is 31.1. The zero-order valence-corrected chi connectivity index (χ0v) is 31.1. The molecule has 12 nitrogen and oxygen atoms in total. The molecule has 0 aliphatic carbocycles. The van der Waals surface area contributed by atoms with Crippen molar-refractivity contribution < 1.29 is 31.9 Å². The van der Waals surface area contributed by atoms with E-state index in [4.69, 9.17) is 4.74 Å². The number of hydrogen-bond donors (Lipinski definition) is 0. The molecule has 0 bridgehead atoms. The van der Waals surface area contributed by atoms with Crippen LogP contribution in [0.5, 0.6) is 0 Å². The van der Waals surface area contributed by atoms with Crippen molar-refractivity contribution in [1.29, 1.82) is 5.26 Å². The summed E-state index contributed by atoms with van der Waals surface area (Å²) in [5, 5.41) is 15.2. The molecule has 0 spiro atoms. The Morgan fingerprint density at radius 3 is 2.40 bits per heavy atom. The molecule has 0 radical (unpaired) electrons. The van der Waals surface area contributed by atoms with Gasteiger partial charge in [-0.2, -0.15) is 23.5 Å². The standard InChI is InChI=1S/C39H47F4N9O3/c1-2-3-4-5-6-7-8-9-10-11-32(53)55-27-50-21-15-31-34(46-26-47-36(31)50)28-22-48-52(23-28)38(16-17-44)24-51(25-38)29-13-19-49(20-14-29)37(54)30-12-18-45-35(33(30)40)39(41,42)43/h12,15,18,21-23,26,29H,2-11,13-14,16,19-20,24-25,27H2,1H3. The lowest BCUT2D eigenvalue weighted by Crippen LogP contribution is -2.66. The minimum absolute atomic E-state index is 0.0449. The smallest absolute Gasteiger partial charge is 0.436 e. The molecule has 2 aliphatic rings. The number of carbonyl (C=O) groups is 2. The van der Waals surface area contributed by atoms with Crippen molar-refractivity contribution in [3.05, 3.63) is 60.3 Å². The third kappa shape index (κ3) is 9.15. The van der Waals surface area contributed by atoms with Gasteiger partial charge in [0.2, 0.25) is 0 Å². The topological polar surface area (TPSA) is 135 Å². The van der Waals surface area contributed by atoms with Gasteiger partial charge in [-0.15, -0.1) is 0 Å². The van der Waals surface area contributed by atoms with Crippen LogP contribution in [0.2, 0.25) is 0 Å². The Morgan fingerprint density at radius 2 is 1.71 bits per heavy atom. The number of piperidine rings is 1. The van der Waals surface area contributed by atoms with E-state index in [9.17, 15) is 32.4 Å². The Kier molecular flexibility index (Phi) is 12.8. The first-order valence-electron chi connectivity index (χ1n) is 19.2. The maximum absolute atomic E-state index is 14.6. The van der Waals surface area contributed by atoms with Crippen LogP contribution in [-0.4, -0.2) is 83.2 Å². The molecule has 6 rings (SSSR count). The van der Waals surface area contributed by atoms with Gasteiger partial charge in [-0.25, -0.2) is 19.3 Å². The van der Waals surface area contributed by atoms with Crippen LogP contribution in [0.25, 0.3) is 22.3 Å². The molecule has 0 atom stereocenters. The second-order valence-electron chi connectivity index (χ2n) is 14.6. The normalized spacial score (nSPS) is 16.3. The number of fused-ring (bicyclic) bond motifs is 1. The fourth-order valence-electron chi connectivity index (χ4n) is 7.70. The predicted octanol–water partition coefficient (Wildman–Crippen LogP) is 7.50. The number of alkyl halides is 3. The van der Waals surface area contributed by atoms with Gasteiger partial charge in [0.05, 0.1) is 29.9 Å². The minimum atomic E-state index is -5.01. The Balaban J connectivity index is 1.01. The maximum atomic E-state index is 14.6. The molecule has 1 amide bonds. The summed E-state index contributed by atoms with van der Waals surface area (Å²) in [6.07, 6.45) is 14.9. The SMILES string of the molecule is CCCCCCCCCCCC(=O)OCn1ccc2c(-c3cnn(C4(CC#N)CN(C5CCN(C(=O)c6ccnc(C(F)(F)F)c6F)CC5)C4)c3)ncnc21. The quantitative estimate of drug-likeness (QED) is 0.0609. The summed E-state index contributed by atoms with van der Waals surface area (Å²) in [4.78, 5) is 41.1. The van der Waals surface area contributed by atoms with Crippen LogP contribution in [0.3, 0.4) is 0 Å². The van der Waals surface area contributed by atoms with Crippen molar-refractivity contribution in [3.63, 3.8) is 0 Å². The number of likely N-dealkylation sites (tertiary alicyclic amines) is 2. The number of amides is 1. The number of nitrogens with zero attached hydrogens (tertiary/aromatic N) is 9. The first-order valence-corrected chi connectivity index (χ1v) is 19.2. The van der Waals surface area contributed by atoms with E-state index < -0.39 is 34.7 Å². The van der Waals surface area contributed by atoms with E-state index in [2.05, 4.69) is 37.9 Å². The van der Waals surface area contributed by atoms with Crippen molar-refractivity contribution in [1.82, 2.24) is 39.1 Å². The van der Waals surface area contributed by atoms with Crippen LogP contribution in [0.4, 0.5) is 17.6 Å². The van der Waals surface area contributed by atoms with Crippen molar-refractivity contribution >= 4 is 22.9 Å². The number of unbranched alkanes of at least 4 members (excludes halogenated alkanes) is 8. The highest BCUT2D eigenvalue weighted by molar-refractivity contribution is 5.94. The van der Waals surface area contributed by atoms with Crippen molar-refractivity contribution in [2.45, 2.75) is 115 Å². The largest absolute Gasteiger partial charge is 0.444 e. The molecule has 0 saturated carbocycles. The predicted molar refractivity (Wildman–Crippen MR) is 195 cm³/mol. The second-order valence-corrected chi connectivity index (χ2v) is 14.6. The number of ether oxygens (including phenoxy) is 1. The Hall–Kier alpha value is -4.91. The van der Waals surface area contributed by atoms with Crippen LogP contribution in [0.15, 0.2) is 43.2 Å². The van der Waals surface area contributed by atoms with Gasteiger partial charge in [0.1, 0.15) is 17.5 Å². The molecule has 0 unspecified atom stereocenters. The summed E-state index contributed by atoms with van der Waals surface area (Å²) in [6.45, 7) is 3.84. The molecule has 6 heterocycles. The lowest BCUT2D eigenvalue weighted by molar-refractivity contribution is -0.147. The molecule has 4 aromatic rings. The highest BCUT2D eigenvalue weighted by Crippen LogP contribution is 2.38. The first kappa shape index (κ1) is 39.8. The van der Waals surface area contributed by atoms with Gasteiger partial charge in [0.15, 0.2) is 18.2 Å². The molecule has 0 aromatic carbocycles. The Bertz CT molecular complexity index is 1970. The lowest BCUT2D eigenvalue weighted by atomic mass is 9.83. The molecule has 294 valence electrons. The second kappa shape index (κ2) is 17.7. The van der Waals surface area contributed by atoms with Gasteiger partial charge in [-0.1, -0.05) is 58.3 Å². The van der Waals surface area contributed by atoms with Crippen molar-refractivity contribution in [2.24, 2.45) is 0 Å². The highest BCUT2D eigenvalue weighted by Gasteiger charge is 2.48. The molecule has 2 aliphatic heterocycles. The third-order valence-electron chi connectivity index (χ3n) is 10.8. The molecule has 2 saturated heterocycles. The lowest BCUT2D eigenvalue weighted by Gasteiger charge is -2.53. The van der Waals surface area contributed by atoms with Crippen LogP contribution < -0.4 is 0 Å². The number of rotatable bonds is 17. The van der Waals surface area contributed by atoms with E-state index in [0.29, 0.717) is 43.7 Å². The molecule has 16 heteroatoms. The van der Waals surface area contributed by atoms with E-state index >= 15 is 0 Å². The molecular weight excluding hydrogens is 718 g/mol. The van der Waals surface area contributed by atoms with Gasteiger partial charge in [-0.05, 0) is 31.4 Å². The van der Waals surface area contributed by atoms with E-state index in [0.717, 1.165) is 42.5 Å². The number of halogens is 4. The molecule has 0 N–H and O–H groups in total. The Labute approximate surface area is 317 Å². The van der Waals surface area contributed by atoms with Gasteiger partial charge in [0.25, 0.3) is 5.91 Å². The summed E-state index contributed by atoms with van der Waals surface area (Å²) < 4.78 is 63.2. The first-order chi connectivity index (χ1) is 26.5. The van der Waals surface area contributed by atoms with Crippen LogP contribution in [0, 0.1) is 17.1 Å². The maximum Gasteiger partial charge on any atom is 0.436 e. The van der Waals surface area contributed by atoms with E-state index in [-0.39, 0.29) is 38.3 Å². The molecule has 4 aromatic heterocycles. The number of nitriles is 1. The fraction of sp³-hybridized carbons (Fsp3) is 0.564. The molecule has 55 heavy (non-hydrogen) atoms. The minimum Gasteiger partial charge on any atom is -0.444 e. The summed E-state index contributed by atoms with van der Waals surface area (Å²) in [5.74, 6) is -2.69. The average Bonchev–Trinajstić information content (AvgIpc) is 3.82.